The quantitative estimate of drug-likeness (QED) is 0.735. The summed E-state index contributed by atoms with van der Waals surface area (Å²) in [5, 5.41) is 9.19. The van der Waals surface area contributed by atoms with Crippen molar-refractivity contribution in [2.75, 3.05) is 51.5 Å². The molecule has 1 aliphatic heterocycles. The number of carboxylic acid groups (broad SMARTS) is 1. The van der Waals surface area contributed by atoms with Crippen molar-refractivity contribution in [3.63, 3.8) is 0 Å². The standard InChI is InChI=1S/C15H21NO5/c1-19-10-11-20-8-3-6-16-7-9-21-14-12(15(17)18)4-2-5-13(14)16/h2,4-5H,3,6-11H2,1H3,(H,17,18). The van der Waals surface area contributed by atoms with E-state index in [2.05, 4.69) is 4.90 Å². The molecule has 0 fully saturated rings. The van der Waals surface area contributed by atoms with Crippen molar-refractivity contribution in [1.82, 2.24) is 0 Å². The lowest BCUT2D eigenvalue weighted by Gasteiger charge is -2.31. The second kappa shape index (κ2) is 7.85. The van der Waals surface area contributed by atoms with E-state index in [1.165, 1.54) is 0 Å². The number of nitrogens with zero attached hydrogens (tertiary/aromatic N) is 1. The molecule has 0 amide bonds. The minimum atomic E-state index is -0.961. The third-order valence-electron chi connectivity index (χ3n) is 3.32. The number of benzene rings is 1. The Morgan fingerprint density at radius 1 is 1.38 bits per heavy atom. The summed E-state index contributed by atoms with van der Waals surface area (Å²) in [4.78, 5) is 13.4. The lowest BCUT2D eigenvalue weighted by atomic mass is 10.1. The Bertz CT molecular complexity index is 477. The van der Waals surface area contributed by atoms with Crippen LogP contribution in [0.4, 0.5) is 5.69 Å². The Morgan fingerprint density at radius 3 is 3.00 bits per heavy atom. The van der Waals surface area contributed by atoms with Crippen molar-refractivity contribution < 1.29 is 24.1 Å². The van der Waals surface area contributed by atoms with Crippen LogP contribution in [0.5, 0.6) is 5.75 Å². The molecule has 1 aromatic carbocycles. The Hall–Kier alpha value is -1.79. The van der Waals surface area contributed by atoms with Gasteiger partial charge >= 0.3 is 5.97 Å². The zero-order chi connectivity index (χ0) is 15.1. The van der Waals surface area contributed by atoms with Crippen LogP contribution < -0.4 is 9.64 Å². The van der Waals surface area contributed by atoms with Crippen molar-refractivity contribution in [3.05, 3.63) is 23.8 Å². The number of hydrogen-bond acceptors (Lipinski definition) is 5. The summed E-state index contributed by atoms with van der Waals surface area (Å²) >= 11 is 0. The molecule has 0 saturated carbocycles. The minimum Gasteiger partial charge on any atom is -0.489 e. The smallest absolute Gasteiger partial charge is 0.339 e. The highest BCUT2D eigenvalue weighted by atomic mass is 16.5. The van der Waals surface area contributed by atoms with Crippen LogP contribution in [0.1, 0.15) is 16.8 Å². The molecule has 1 heterocycles. The summed E-state index contributed by atoms with van der Waals surface area (Å²) < 4.78 is 15.9. The van der Waals surface area contributed by atoms with Gasteiger partial charge in [-0.3, -0.25) is 0 Å². The monoisotopic (exact) mass is 295 g/mol. The van der Waals surface area contributed by atoms with Gasteiger partial charge in [0.1, 0.15) is 12.2 Å². The lowest BCUT2D eigenvalue weighted by Crippen LogP contribution is -2.34. The third-order valence-corrected chi connectivity index (χ3v) is 3.32. The fraction of sp³-hybridized carbons (Fsp3) is 0.533. The van der Waals surface area contributed by atoms with E-state index in [1.807, 2.05) is 6.07 Å². The largest absolute Gasteiger partial charge is 0.489 e. The van der Waals surface area contributed by atoms with Gasteiger partial charge in [0.05, 0.1) is 25.4 Å². The van der Waals surface area contributed by atoms with Gasteiger partial charge in [0, 0.05) is 20.3 Å². The second-order valence-corrected chi connectivity index (χ2v) is 4.75. The topological polar surface area (TPSA) is 68.2 Å². The molecule has 1 aromatic rings. The van der Waals surface area contributed by atoms with E-state index in [0.29, 0.717) is 32.2 Å². The van der Waals surface area contributed by atoms with Gasteiger partial charge in [0.2, 0.25) is 0 Å². The molecule has 0 aliphatic carbocycles. The molecule has 0 atom stereocenters. The first-order chi connectivity index (χ1) is 10.2. The summed E-state index contributed by atoms with van der Waals surface area (Å²) in [6.45, 7) is 3.93. The fourth-order valence-electron chi connectivity index (χ4n) is 2.31. The van der Waals surface area contributed by atoms with Crippen LogP contribution in [-0.4, -0.2) is 57.7 Å². The van der Waals surface area contributed by atoms with Gasteiger partial charge < -0.3 is 24.2 Å². The molecule has 0 spiro atoms. The van der Waals surface area contributed by atoms with E-state index in [4.69, 9.17) is 14.2 Å². The van der Waals surface area contributed by atoms with E-state index in [0.717, 1.165) is 25.2 Å². The van der Waals surface area contributed by atoms with Crippen molar-refractivity contribution in [2.45, 2.75) is 6.42 Å². The number of aromatic carboxylic acids is 1. The Balaban J connectivity index is 1.92. The highest BCUT2D eigenvalue weighted by molar-refractivity contribution is 5.93. The molecule has 1 aliphatic rings. The number of carbonyl (C=O) groups is 1. The number of rotatable bonds is 8. The number of para-hydroxylation sites is 1. The number of ether oxygens (including phenoxy) is 3. The summed E-state index contributed by atoms with van der Waals surface area (Å²) in [6.07, 6.45) is 0.875. The molecule has 0 saturated heterocycles. The first-order valence-corrected chi connectivity index (χ1v) is 7.04. The summed E-state index contributed by atoms with van der Waals surface area (Å²) in [5.41, 5.74) is 1.06. The van der Waals surface area contributed by atoms with E-state index in [-0.39, 0.29) is 5.56 Å². The van der Waals surface area contributed by atoms with Crippen molar-refractivity contribution in [2.24, 2.45) is 0 Å². The van der Waals surface area contributed by atoms with Gasteiger partial charge in [-0.05, 0) is 18.6 Å². The first-order valence-electron chi connectivity index (χ1n) is 7.04. The Morgan fingerprint density at radius 2 is 2.24 bits per heavy atom. The highest BCUT2D eigenvalue weighted by Gasteiger charge is 2.23. The van der Waals surface area contributed by atoms with Crippen LogP contribution in [0.25, 0.3) is 0 Å². The van der Waals surface area contributed by atoms with Crippen LogP contribution in [0, 0.1) is 0 Å². The van der Waals surface area contributed by atoms with Gasteiger partial charge in [-0.1, -0.05) is 6.07 Å². The van der Waals surface area contributed by atoms with E-state index in [9.17, 15) is 9.90 Å². The normalized spacial score (nSPS) is 13.7. The zero-order valence-electron chi connectivity index (χ0n) is 12.2. The molecule has 116 valence electrons. The molecule has 6 nitrogen and oxygen atoms in total. The van der Waals surface area contributed by atoms with Gasteiger partial charge in [0.25, 0.3) is 0 Å². The maximum absolute atomic E-state index is 11.2. The predicted molar refractivity (Wildman–Crippen MR) is 78.4 cm³/mol. The van der Waals surface area contributed by atoms with Crippen LogP contribution >= 0.6 is 0 Å². The Kier molecular flexibility index (Phi) is 5.83. The molecule has 0 radical (unpaired) electrons. The fourth-order valence-corrected chi connectivity index (χ4v) is 2.31. The van der Waals surface area contributed by atoms with Crippen molar-refractivity contribution in [3.8, 4) is 5.75 Å². The first kappa shape index (κ1) is 15.6. The maximum atomic E-state index is 11.2. The minimum absolute atomic E-state index is 0.216. The van der Waals surface area contributed by atoms with Gasteiger partial charge in [-0.15, -0.1) is 0 Å². The number of carboxylic acids is 1. The van der Waals surface area contributed by atoms with E-state index in [1.54, 1.807) is 19.2 Å². The SMILES string of the molecule is COCCOCCCN1CCOc2c(C(=O)O)cccc21. The average Bonchev–Trinajstić information content (AvgIpc) is 2.50. The molecular formula is C15H21NO5. The third kappa shape index (κ3) is 4.09. The number of hydrogen-bond donors (Lipinski definition) is 1. The lowest BCUT2D eigenvalue weighted by molar-refractivity contribution is 0.0689. The molecule has 0 unspecified atom stereocenters. The van der Waals surface area contributed by atoms with Gasteiger partial charge in [-0.2, -0.15) is 0 Å². The number of fused-ring (bicyclic) bond motifs is 1. The van der Waals surface area contributed by atoms with Crippen molar-refractivity contribution in [1.29, 1.82) is 0 Å². The molecule has 0 aromatic heterocycles. The Labute approximate surface area is 124 Å². The molecule has 0 bridgehead atoms. The summed E-state index contributed by atoms with van der Waals surface area (Å²) in [5.74, 6) is -0.492. The molecule has 21 heavy (non-hydrogen) atoms. The molecule has 1 N–H and O–H groups in total. The van der Waals surface area contributed by atoms with E-state index >= 15 is 0 Å². The van der Waals surface area contributed by atoms with Crippen LogP contribution in [0.3, 0.4) is 0 Å². The molecule has 6 heteroatoms. The highest BCUT2D eigenvalue weighted by Crippen LogP contribution is 2.34. The van der Waals surface area contributed by atoms with Crippen LogP contribution in [0.2, 0.25) is 0 Å². The van der Waals surface area contributed by atoms with Crippen LogP contribution in [0.15, 0.2) is 18.2 Å². The molecular weight excluding hydrogens is 274 g/mol. The maximum Gasteiger partial charge on any atom is 0.339 e. The second-order valence-electron chi connectivity index (χ2n) is 4.75. The van der Waals surface area contributed by atoms with Gasteiger partial charge in [0.15, 0.2) is 5.75 Å². The van der Waals surface area contributed by atoms with Gasteiger partial charge in [-0.25, -0.2) is 4.79 Å². The zero-order valence-corrected chi connectivity index (χ0v) is 12.2. The average molecular weight is 295 g/mol. The summed E-state index contributed by atoms with van der Waals surface area (Å²) in [6, 6.07) is 5.21. The van der Waals surface area contributed by atoms with Crippen LogP contribution in [-0.2, 0) is 9.47 Å². The number of methoxy groups -OCH3 is 1. The number of anilines is 1. The van der Waals surface area contributed by atoms with E-state index < -0.39 is 5.97 Å². The molecule has 2 rings (SSSR count). The predicted octanol–water partition coefficient (Wildman–Crippen LogP) is 1.64. The van der Waals surface area contributed by atoms with Crippen molar-refractivity contribution >= 4 is 11.7 Å². The summed E-state index contributed by atoms with van der Waals surface area (Å²) in [7, 11) is 1.65.